The smallest absolute Gasteiger partial charge is 0.271 e. The van der Waals surface area contributed by atoms with E-state index in [-0.39, 0.29) is 18.2 Å². The number of aryl methyl sites for hydroxylation is 1. The third-order valence-electron chi connectivity index (χ3n) is 5.54. The monoisotopic (exact) mass is 405 g/mol. The highest BCUT2D eigenvalue weighted by atomic mass is 16.2. The number of hydrogen-bond donors (Lipinski definition) is 1. The molecule has 2 aliphatic heterocycles. The van der Waals surface area contributed by atoms with Crippen molar-refractivity contribution in [2.75, 3.05) is 48.5 Å². The Hall–Kier alpha value is -3.19. The molecule has 0 aromatic heterocycles. The Labute approximate surface area is 177 Å². The third kappa shape index (κ3) is 4.36. The minimum Gasteiger partial charge on any atom is -0.367 e. The van der Waals surface area contributed by atoms with Gasteiger partial charge < -0.3 is 15.1 Å². The summed E-state index contributed by atoms with van der Waals surface area (Å²) < 4.78 is 0. The molecule has 0 unspecified atom stereocenters. The first-order valence-corrected chi connectivity index (χ1v) is 10.3. The summed E-state index contributed by atoms with van der Waals surface area (Å²) in [5, 5.41) is 8.76. The van der Waals surface area contributed by atoms with E-state index in [4.69, 9.17) is 0 Å². The SMILES string of the molecule is Cc1cccc(N2N=C(C(=O)Nc3ccccc3N3CCN(C)CC3)CCC2=O)c1. The van der Waals surface area contributed by atoms with Gasteiger partial charge in [-0.3, -0.25) is 9.59 Å². The molecule has 2 heterocycles. The number of amides is 2. The van der Waals surface area contributed by atoms with Crippen molar-refractivity contribution in [1.82, 2.24) is 4.90 Å². The van der Waals surface area contributed by atoms with Crippen LogP contribution in [0.3, 0.4) is 0 Å². The van der Waals surface area contributed by atoms with Crippen molar-refractivity contribution in [3.63, 3.8) is 0 Å². The lowest BCUT2D eigenvalue weighted by Crippen LogP contribution is -2.44. The normalized spacial score (nSPS) is 17.7. The van der Waals surface area contributed by atoms with Crippen molar-refractivity contribution < 1.29 is 9.59 Å². The van der Waals surface area contributed by atoms with E-state index in [1.54, 1.807) is 0 Å². The second-order valence-electron chi connectivity index (χ2n) is 7.85. The Balaban J connectivity index is 1.54. The van der Waals surface area contributed by atoms with E-state index >= 15 is 0 Å². The molecule has 156 valence electrons. The van der Waals surface area contributed by atoms with Gasteiger partial charge >= 0.3 is 0 Å². The topological polar surface area (TPSA) is 68.2 Å². The minimum absolute atomic E-state index is 0.102. The second kappa shape index (κ2) is 8.67. The van der Waals surface area contributed by atoms with Gasteiger partial charge in [0.25, 0.3) is 5.91 Å². The van der Waals surface area contributed by atoms with Gasteiger partial charge in [-0.2, -0.15) is 5.10 Å². The fourth-order valence-corrected chi connectivity index (χ4v) is 3.78. The van der Waals surface area contributed by atoms with Crippen molar-refractivity contribution in [1.29, 1.82) is 0 Å². The fraction of sp³-hybridized carbons (Fsp3) is 0.348. The molecule has 2 amide bonds. The van der Waals surface area contributed by atoms with E-state index < -0.39 is 0 Å². The number of likely N-dealkylation sites (N-methyl/N-ethyl adjacent to an activating group) is 1. The van der Waals surface area contributed by atoms with Gasteiger partial charge in [-0.1, -0.05) is 24.3 Å². The van der Waals surface area contributed by atoms with Crippen molar-refractivity contribution in [2.24, 2.45) is 5.10 Å². The molecule has 2 aromatic carbocycles. The first-order chi connectivity index (χ1) is 14.5. The van der Waals surface area contributed by atoms with Crippen LogP contribution in [-0.4, -0.2) is 55.7 Å². The van der Waals surface area contributed by atoms with Crippen LogP contribution >= 0.6 is 0 Å². The standard InChI is InChI=1S/C23H27N5O2/c1-17-6-5-7-18(16-17)28-22(29)11-10-20(25-28)23(30)24-19-8-3-4-9-21(19)27-14-12-26(2)13-15-27/h3-9,16H,10-15H2,1-2H3,(H,24,30). The van der Waals surface area contributed by atoms with Gasteiger partial charge in [0.15, 0.2) is 0 Å². The van der Waals surface area contributed by atoms with E-state index in [0.29, 0.717) is 17.8 Å². The van der Waals surface area contributed by atoms with E-state index in [9.17, 15) is 9.59 Å². The summed E-state index contributed by atoms with van der Waals surface area (Å²) in [5.41, 5.74) is 3.87. The Morgan fingerprint density at radius 2 is 1.77 bits per heavy atom. The van der Waals surface area contributed by atoms with Gasteiger partial charge in [0.2, 0.25) is 5.91 Å². The summed E-state index contributed by atoms with van der Waals surface area (Å²) in [6.45, 7) is 5.77. The van der Waals surface area contributed by atoms with Crippen LogP contribution in [-0.2, 0) is 9.59 Å². The van der Waals surface area contributed by atoms with Gasteiger partial charge in [0, 0.05) is 39.0 Å². The van der Waals surface area contributed by atoms with Crippen LogP contribution in [0.4, 0.5) is 17.1 Å². The lowest BCUT2D eigenvalue weighted by atomic mass is 10.1. The zero-order valence-corrected chi connectivity index (χ0v) is 17.5. The van der Waals surface area contributed by atoms with E-state index in [1.165, 1.54) is 5.01 Å². The summed E-state index contributed by atoms with van der Waals surface area (Å²) in [6.07, 6.45) is 0.601. The number of piperazine rings is 1. The first-order valence-electron chi connectivity index (χ1n) is 10.3. The highest BCUT2D eigenvalue weighted by molar-refractivity contribution is 6.44. The third-order valence-corrected chi connectivity index (χ3v) is 5.54. The average molecular weight is 406 g/mol. The molecule has 0 spiro atoms. The number of benzene rings is 2. The number of nitrogens with one attached hydrogen (secondary N) is 1. The number of nitrogens with zero attached hydrogens (tertiary/aromatic N) is 4. The zero-order valence-electron chi connectivity index (χ0n) is 17.5. The van der Waals surface area contributed by atoms with Gasteiger partial charge in [-0.05, 0) is 43.8 Å². The molecule has 2 aromatic rings. The van der Waals surface area contributed by atoms with Crippen molar-refractivity contribution >= 4 is 34.6 Å². The molecule has 1 fully saturated rings. The van der Waals surface area contributed by atoms with Crippen molar-refractivity contribution in [2.45, 2.75) is 19.8 Å². The van der Waals surface area contributed by atoms with Gasteiger partial charge in [0.05, 0.1) is 17.1 Å². The van der Waals surface area contributed by atoms with Gasteiger partial charge in [-0.25, -0.2) is 5.01 Å². The number of anilines is 3. The number of rotatable bonds is 4. The van der Waals surface area contributed by atoms with Crippen LogP contribution in [0.15, 0.2) is 53.6 Å². The van der Waals surface area contributed by atoms with Gasteiger partial charge in [-0.15, -0.1) is 0 Å². The molecule has 4 rings (SSSR count). The Bertz CT molecular complexity index is 979. The van der Waals surface area contributed by atoms with Crippen LogP contribution in [0.25, 0.3) is 0 Å². The highest BCUT2D eigenvalue weighted by Crippen LogP contribution is 2.27. The molecule has 7 nitrogen and oxygen atoms in total. The summed E-state index contributed by atoms with van der Waals surface area (Å²) >= 11 is 0. The largest absolute Gasteiger partial charge is 0.367 e. The maximum atomic E-state index is 13.0. The summed E-state index contributed by atoms with van der Waals surface area (Å²) in [6, 6.07) is 15.4. The number of para-hydroxylation sites is 2. The predicted octanol–water partition coefficient (Wildman–Crippen LogP) is 2.87. The Morgan fingerprint density at radius 1 is 1.00 bits per heavy atom. The van der Waals surface area contributed by atoms with Crippen LogP contribution < -0.4 is 15.2 Å². The molecule has 0 bridgehead atoms. The molecule has 0 aliphatic carbocycles. The second-order valence-corrected chi connectivity index (χ2v) is 7.85. The molecule has 1 saturated heterocycles. The molecule has 30 heavy (non-hydrogen) atoms. The highest BCUT2D eigenvalue weighted by Gasteiger charge is 2.26. The molecule has 0 saturated carbocycles. The van der Waals surface area contributed by atoms with Gasteiger partial charge in [0.1, 0.15) is 5.71 Å². The maximum Gasteiger partial charge on any atom is 0.271 e. The molecule has 1 N–H and O–H groups in total. The lowest BCUT2D eigenvalue weighted by molar-refractivity contribution is -0.118. The molecule has 0 atom stereocenters. The van der Waals surface area contributed by atoms with Crippen LogP contribution in [0, 0.1) is 6.92 Å². The predicted molar refractivity (Wildman–Crippen MR) is 120 cm³/mol. The zero-order chi connectivity index (χ0) is 21.1. The van der Waals surface area contributed by atoms with E-state index in [0.717, 1.165) is 43.1 Å². The molecule has 0 radical (unpaired) electrons. The molecular weight excluding hydrogens is 378 g/mol. The number of carbonyl (C=O) groups excluding carboxylic acids is 2. The van der Waals surface area contributed by atoms with Crippen LogP contribution in [0.5, 0.6) is 0 Å². The van der Waals surface area contributed by atoms with Crippen molar-refractivity contribution in [3.8, 4) is 0 Å². The number of hydrazone groups is 1. The number of carbonyl (C=O) groups is 2. The Morgan fingerprint density at radius 3 is 2.53 bits per heavy atom. The van der Waals surface area contributed by atoms with E-state index in [1.807, 2.05) is 55.5 Å². The maximum absolute atomic E-state index is 13.0. The van der Waals surface area contributed by atoms with Crippen LogP contribution in [0.2, 0.25) is 0 Å². The lowest BCUT2D eigenvalue weighted by Gasteiger charge is -2.35. The molecule has 7 heteroatoms. The van der Waals surface area contributed by atoms with Crippen molar-refractivity contribution in [3.05, 3.63) is 54.1 Å². The minimum atomic E-state index is -0.262. The first kappa shape index (κ1) is 20.1. The molecule has 2 aliphatic rings. The average Bonchev–Trinajstić information content (AvgIpc) is 2.75. The van der Waals surface area contributed by atoms with Crippen LogP contribution in [0.1, 0.15) is 18.4 Å². The summed E-state index contributed by atoms with van der Waals surface area (Å²) in [7, 11) is 2.12. The van der Waals surface area contributed by atoms with E-state index in [2.05, 4.69) is 27.3 Å². The summed E-state index contributed by atoms with van der Waals surface area (Å²) in [4.78, 5) is 30.0. The summed E-state index contributed by atoms with van der Waals surface area (Å²) in [5.74, 6) is -0.364. The number of hydrogen-bond acceptors (Lipinski definition) is 5. The fourth-order valence-electron chi connectivity index (χ4n) is 3.78. The Kier molecular flexibility index (Phi) is 5.81. The molecular formula is C23H27N5O2. The quantitative estimate of drug-likeness (QED) is 0.849.